The lowest BCUT2D eigenvalue weighted by Crippen LogP contribution is -2.58. The van der Waals surface area contributed by atoms with E-state index < -0.39 is 0 Å². The van der Waals surface area contributed by atoms with Crippen molar-refractivity contribution in [1.82, 2.24) is 9.13 Å². The van der Waals surface area contributed by atoms with Gasteiger partial charge in [0.25, 0.3) is 6.71 Å². The van der Waals surface area contributed by atoms with Gasteiger partial charge in [0, 0.05) is 58.2 Å². The Kier molecular flexibility index (Phi) is 7.63. The van der Waals surface area contributed by atoms with Crippen molar-refractivity contribution in [2.75, 3.05) is 0 Å². The van der Waals surface area contributed by atoms with E-state index in [0.29, 0.717) is 0 Å². The second kappa shape index (κ2) is 13.9. The standard InChI is InChI=1S/C60H34B2N2O2S2/c1-9-25-43-35(17-1)36-18-2-10-26-44(36)63(43)47-33-51-57-59(66-50-30-14-6-22-40(50)61(57)39-21-5-13-29-49(39)65-51)55(47)56-48(64-45-27-11-3-19-37(45)38-20-4-12-28-46(38)64)34-54-58-60(56)68-53-32-16-8-24-42(53)62(58)41-23-7-15-31-52(41)67-54/h1-34H. The molecule has 0 aliphatic carbocycles. The first-order chi connectivity index (χ1) is 33.8. The third-order valence-corrected chi connectivity index (χ3v) is 17.1. The molecule has 314 valence electrons. The van der Waals surface area contributed by atoms with Crippen molar-refractivity contribution < 1.29 is 9.47 Å². The number of nitrogens with zero attached hydrogens (tertiary/aromatic N) is 2. The summed E-state index contributed by atoms with van der Waals surface area (Å²) in [6.45, 7) is -0.0776. The molecule has 0 N–H and O–H groups in total. The van der Waals surface area contributed by atoms with E-state index in [-0.39, 0.29) is 13.4 Å². The first-order valence-electron chi connectivity index (χ1n) is 23.2. The summed E-state index contributed by atoms with van der Waals surface area (Å²) in [5.74, 6) is 3.37. The fraction of sp³-hybridized carbons (Fsp3) is 0. The Morgan fingerprint density at radius 2 is 0.765 bits per heavy atom. The van der Waals surface area contributed by atoms with E-state index in [4.69, 9.17) is 9.47 Å². The summed E-state index contributed by atoms with van der Waals surface area (Å²) in [4.78, 5) is 5.09. The fourth-order valence-corrected chi connectivity index (χ4v) is 14.6. The number of aromatic nitrogens is 2. The van der Waals surface area contributed by atoms with Gasteiger partial charge in [0.15, 0.2) is 0 Å². The maximum Gasteiger partial charge on any atom is 0.260 e. The highest BCUT2D eigenvalue weighted by molar-refractivity contribution is 8.01. The van der Waals surface area contributed by atoms with Crippen LogP contribution in [0, 0.1) is 0 Å². The molecule has 0 atom stereocenters. The molecule has 10 aromatic carbocycles. The molecule has 0 bridgehead atoms. The summed E-state index contributed by atoms with van der Waals surface area (Å²) in [7, 11) is 0. The number of hydrogen-bond donors (Lipinski definition) is 0. The molecule has 16 rings (SSSR count). The van der Waals surface area contributed by atoms with Crippen molar-refractivity contribution >= 4 is 113 Å². The lowest BCUT2D eigenvalue weighted by molar-refractivity contribution is 0.465. The maximum absolute atomic E-state index is 7.63. The lowest BCUT2D eigenvalue weighted by Gasteiger charge is -2.38. The number of ether oxygens (including phenoxy) is 2. The van der Waals surface area contributed by atoms with E-state index in [0.717, 1.165) is 84.0 Å². The predicted octanol–water partition coefficient (Wildman–Crippen LogP) is 11.7. The number of rotatable bonds is 3. The normalized spacial score (nSPS) is 13.6. The summed E-state index contributed by atoms with van der Waals surface area (Å²) >= 11 is 3.81. The molecule has 0 spiro atoms. The zero-order chi connectivity index (χ0) is 44.2. The molecule has 4 aliphatic heterocycles. The van der Waals surface area contributed by atoms with Gasteiger partial charge < -0.3 is 18.6 Å². The zero-order valence-electron chi connectivity index (χ0n) is 36.3. The Morgan fingerprint density at radius 3 is 1.32 bits per heavy atom. The molecule has 0 amide bonds. The molecular weight excluding hydrogens is 866 g/mol. The Morgan fingerprint density at radius 1 is 0.338 bits per heavy atom. The minimum atomic E-state index is -0.116. The van der Waals surface area contributed by atoms with Gasteiger partial charge in [-0.2, -0.15) is 0 Å². The molecule has 0 fully saturated rings. The summed E-state index contributed by atoms with van der Waals surface area (Å²) < 4.78 is 19.8. The highest BCUT2D eigenvalue weighted by Crippen LogP contribution is 2.54. The van der Waals surface area contributed by atoms with Crippen LogP contribution >= 0.6 is 23.5 Å². The highest BCUT2D eigenvalue weighted by Gasteiger charge is 2.46. The van der Waals surface area contributed by atoms with Gasteiger partial charge in [0.05, 0.1) is 39.0 Å². The maximum atomic E-state index is 7.63. The second-order valence-electron chi connectivity index (χ2n) is 18.2. The average Bonchev–Trinajstić information content (AvgIpc) is 3.91. The van der Waals surface area contributed by atoms with Crippen LogP contribution in [0.4, 0.5) is 0 Å². The largest absolute Gasteiger partial charge is 0.458 e. The molecule has 6 heterocycles. The Balaban J connectivity index is 1.14. The molecule has 8 heteroatoms. The SMILES string of the molecule is c1ccc2c(c1)Oc1cc(-n3c4ccccc4c4ccccc43)c(-c3c(-n4c5ccccc5c5ccccc54)cc4c5c3Sc3ccccc3B5c3ccccc3S4)c3c1B2c1ccccc1O3. The van der Waals surface area contributed by atoms with Crippen LogP contribution in [0.2, 0.25) is 0 Å². The smallest absolute Gasteiger partial charge is 0.260 e. The van der Waals surface area contributed by atoms with Gasteiger partial charge in [-0.15, -0.1) is 0 Å². The number of para-hydroxylation sites is 6. The lowest BCUT2D eigenvalue weighted by atomic mass is 9.34. The quantitative estimate of drug-likeness (QED) is 0.165. The zero-order valence-corrected chi connectivity index (χ0v) is 37.9. The molecule has 0 radical (unpaired) electrons. The van der Waals surface area contributed by atoms with E-state index in [1.165, 1.54) is 57.5 Å². The fourth-order valence-electron chi connectivity index (χ4n) is 12.1. The molecule has 0 saturated heterocycles. The Hall–Kier alpha value is -7.77. The van der Waals surface area contributed by atoms with Gasteiger partial charge in [-0.25, -0.2) is 0 Å². The molecule has 2 aromatic heterocycles. The Labute approximate surface area is 400 Å². The van der Waals surface area contributed by atoms with Crippen molar-refractivity contribution in [3.8, 4) is 45.5 Å². The van der Waals surface area contributed by atoms with E-state index in [1.54, 1.807) is 0 Å². The first-order valence-corrected chi connectivity index (χ1v) is 24.9. The predicted molar refractivity (Wildman–Crippen MR) is 284 cm³/mol. The van der Waals surface area contributed by atoms with Gasteiger partial charge in [0.2, 0.25) is 6.71 Å². The van der Waals surface area contributed by atoms with Gasteiger partial charge in [-0.3, -0.25) is 0 Å². The molecule has 4 aliphatic rings. The molecule has 4 nitrogen and oxygen atoms in total. The topological polar surface area (TPSA) is 28.3 Å². The van der Waals surface area contributed by atoms with Crippen molar-refractivity contribution in [3.63, 3.8) is 0 Å². The monoisotopic (exact) mass is 900 g/mol. The summed E-state index contributed by atoms with van der Waals surface area (Å²) in [5.41, 5.74) is 16.2. The first kappa shape index (κ1) is 37.3. The van der Waals surface area contributed by atoms with Crippen LogP contribution in [0.3, 0.4) is 0 Å². The van der Waals surface area contributed by atoms with Gasteiger partial charge in [-0.05, 0) is 71.0 Å². The minimum Gasteiger partial charge on any atom is -0.458 e. The summed E-state index contributed by atoms with van der Waals surface area (Å²) in [5, 5.41) is 4.83. The van der Waals surface area contributed by atoms with Gasteiger partial charge in [-0.1, -0.05) is 180 Å². The van der Waals surface area contributed by atoms with Crippen LogP contribution in [0.1, 0.15) is 0 Å². The molecule has 68 heavy (non-hydrogen) atoms. The van der Waals surface area contributed by atoms with Crippen molar-refractivity contribution in [3.05, 3.63) is 206 Å². The third-order valence-electron chi connectivity index (χ3n) is 14.8. The highest BCUT2D eigenvalue weighted by atomic mass is 32.2. The van der Waals surface area contributed by atoms with Crippen LogP contribution in [0.15, 0.2) is 226 Å². The van der Waals surface area contributed by atoms with E-state index in [2.05, 4.69) is 215 Å². The summed E-state index contributed by atoms with van der Waals surface area (Å²) in [6, 6.07) is 75.6. The number of benzene rings is 10. The van der Waals surface area contributed by atoms with Crippen LogP contribution in [-0.2, 0) is 0 Å². The molecular formula is C60H34B2N2O2S2. The van der Waals surface area contributed by atoms with Crippen molar-refractivity contribution in [1.29, 1.82) is 0 Å². The second-order valence-corrected chi connectivity index (χ2v) is 20.3. The van der Waals surface area contributed by atoms with Crippen molar-refractivity contribution in [2.24, 2.45) is 0 Å². The van der Waals surface area contributed by atoms with Crippen LogP contribution < -0.4 is 42.3 Å². The van der Waals surface area contributed by atoms with Crippen LogP contribution in [0.25, 0.3) is 66.1 Å². The number of hydrogen-bond acceptors (Lipinski definition) is 4. The van der Waals surface area contributed by atoms with E-state index >= 15 is 0 Å². The van der Waals surface area contributed by atoms with E-state index in [9.17, 15) is 0 Å². The average molecular weight is 901 g/mol. The third kappa shape index (κ3) is 4.95. The molecule has 0 unspecified atom stereocenters. The molecule has 0 saturated carbocycles. The number of fused-ring (bicyclic) bond motifs is 14. The Bertz CT molecular complexity index is 3810. The van der Waals surface area contributed by atoms with Crippen LogP contribution in [0.5, 0.6) is 23.0 Å². The molecule has 12 aromatic rings. The van der Waals surface area contributed by atoms with Gasteiger partial charge in [0.1, 0.15) is 23.0 Å². The minimum absolute atomic E-state index is 0.0381. The van der Waals surface area contributed by atoms with Crippen molar-refractivity contribution in [2.45, 2.75) is 19.6 Å². The summed E-state index contributed by atoms with van der Waals surface area (Å²) in [6.07, 6.45) is 0. The van der Waals surface area contributed by atoms with Gasteiger partial charge >= 0.3 is 0 Å². The van der Waals surface area contributed by atoms with E-state index in [1.807, 2.05) is 23.5 Å². The van der Waals surface area contributed by atoms with Crippen LogP contribution in [-0.4, -0.2) is 22.6 Å².